The van der Waals surface area contributed by atoms with Gasteiger partial charge in [-0.15, -0.1) is 0 Å². The van der Waals surface area contributed by atoms with Crippen molar-refractivity contribution in [1.82, 2.24) is 34.6 Å². The Balaban J connectivity index is 1.28. The van der Waals surface area contributed by atoms with Crippen molar-refractivity contribution in [2.75, 3.05) is 38.2 Å². The number of nitrogens with zero attached hydrogens (tertiary/aromatic N) is 7. The normalized spacial score (nSPS) is 18.5. The standard InChI is InChI=1S/C29H32FN9O3/c1-29(2,41)27(30)13-33-28(40)23-12-32-25(26-4-3-20-7-18(9-31)10-35-39(20)26)8-24(23)36-19-11-34-38(14-19)21-5-6-37(15-21)22-16-42-17-22/h3-4,7-8,10-12,14,21-22,27,41H,5-6,13,15-17H2,1-2H3,(H,32,36)(H,33,40)/t21-,27?/m0/s1. The van der Waals surface area contributed by atoms with Gasteiger partial charge in [0.2, 0.25) is 0 Å². The van der Waals surface area contributed by atoms with Gasteiger partial charge in [-0.25, -0.2) is 8.91 Å². The van der Waals surface area contributed by atoms with Gasteiger partial charge in [0, 0.05) is 25.5 Å². The lowest BCUT2D eigenvalue weighted by atomic mass is 10.0. The van der Waals surface area contributed by atoms with E-state index in [0.717, 1.165) is 38.2 Å². The summed E-state index contributed by atoms with van der Waals surface area (Å²) in [6.45, 7) is 5.79. The van der Waals surface area contributed by atoms with Crippen LogP contribution in [0.3, 0.4) is 0 Å². The van der Waals surface area contributed by atoms with Crippen molar-refractivity contribution < 1.29 is 19.0 Å². The van der Waals surface area contributed by atoms with Crippen molar-refractivity contribution in [1.29, 1.82) is 5.26 Å². The van der Waals surface area contributed by atoms with E-state index in [1.54, 1.807) is 22.8 Å². The van der Waals surface area contributed by atoms with Gasteiger partial charge in [0.25, 0.3) is 5.91 Å². The van der Waals surface area contributed by atoms with Gasteiger partial charge in [0.15, 0.2) is 0 Å². The summed E-state index contributed by atoms with van der Waals surface area (Å²) in [5.41, 5.74) is 2.10. The number of likely N-dealkylation sites (tertiary alicyclic amines) is 1. The Hall–Kier alpha value is -4.38. The fraction of sp³-hybridized carbons (Fsp3) is 0.414. The molecule has 218 valence electrons. The molecule has 2 aliphatic heterocycles. The van der Waals surface area contributed by atoms with Crippen LogP contribution >= 0.6 is 0 Å². The number of pyridine rings is 1. The third-order valence-corrected chi connectivity index (χ3v) is 7.84. The second-order valence-corrected chi connectivity index (χ2v) is 11.3. The first kappa shape index (κ1) is 27.8. The highest BCUT2D eigenvalue weighted by Gasteiger charge is 2.33. The van der Waals surface area contributed by atoms with Crippen molar-refractivity contribution in [3.05, 3.63) is 60.2 Å². The number of aromatic nitrogens is 5. The number of amides is 1. The van der Waals surface area contributed by atoms with Gasteiger partial charge in [-0.05, 0) is 44.5 Å². The Morgan fingerprint density at radius 3 is 2.81 bits per heavy atom. The SMILES string of the molecule is CC(C)(O)C(F)CNC(=O)c1cnc(-c2ccc3cc(C#N)cnn23)cc1Nc1cnn([C@H]2CCN(C3COC3)C2)c1. The topological polar surface area (TPSA) is 146 Å². The molecule has 2 saturated heterocycles. The van der Waals surface area contributed by atoms with Crippen LogP contribution in [0.1, 0.15) is 42.2 Å². The number of fused-ring (bicyclic) bond motifs is 1. The number of hydrogen-bond donors (Lipinski definition) is 3. The van der Waals surface area contributed by atoms with Gasteiger partial charge in [-0.3, -0.25) is 19.4 Å². The molecule has 3 N–H and O–H groups in total. The van der Waals surface area contributed by atoms with Crippen LogP contribution < -0.4 is 10.6 Å². The van der Waals surface area contributed by atoms with E-state index in [9.17, 15) is 19.6 Å². The van der Waals surface area contributed by atoms with Crippen LogP contribution in [0.5, 0.6) is 0 Å². The number of ether oxygens (including phenoxy) is 1. The summed E-state index contributed by atoms with van der Waals surface area (Å²) in [7, 11) is 0. The number of aliphatic hydroxyl groups is 1. The number of carbonyl (C=O) groups is 1. The van der Waals surface area contributed by atoms with E-state index in [0.29, 0.717) is 34.4 Å². The lowest BCUT2D eigenvalue weighted by molar-refractivity contribution is -0.0579. The fourth-order valence-electron chi connectivity index (χ4n) is 5.17. The van der Waals surface area contributed by atoms with Crippen LogP contribution in [0.4, 0.5) is 15.8 Å². The average molecular weight is 574 g/mol. The molecule has 1 amide bonds. The first-order valence-electron chi connectivity index (χ1n) is 13.9. The van der Waals surface area contributed by atoms with E-state index in [1.165, 1.54) is 26.2 Å². The summed E-state index contributed by atoms with van der Waals surface area (Å²) in [5.74, 6) is -0.540. The number of nitrogens with one attached hydrogen (secondary N) is 2. The highest BCUT2D eigenvalue weighted by atomic mass is 19.1. The third-order valence-electron chi connectivity index (χ3n) is 7.84. The lowest BCUT2D eigenvalue weighted by Gasteiger charge is -2.34. The van der Waals surface area contributed by atoms with Crippen molar-refractivity contribution in [2.45, 2.75) is 44.1 Å². The van der Waals surface area contributed by atoms with Gasteiger partial charge in [0.05, 0.1) is 89.2 Å². The number of alkyl halides is 1. The zero-order valence-electron chi connectivity index (χ0n) is 23.4. The molecule has 1 unspecified atom stereocenters. The molecule has 0 aromatic carbocycles. The molecule has 2 aliphatic rings. The van der Waals surface area contributed by atoms with E-state index in [-0.39, 0.29) is 18.2 Å². The maximum atomic E-state index is 14.4. The highest BCUT2D eigenvalue weighted by Crippen LogP contribution is 2.30. The molecule has 42 heavy (non-hydrogen) atoms. The van der Waals surface area contributed by atoms with E-state index in [4.69, 9.17) is 4.74 Å². The van der Waals surface area contributed by atoms with Crippen molar-refractivity contribution >= 4 is 22.8 Å². The number of carbonyl (C=O) groups excluding carboxylic acids is 1. The maximum absolute atomic E-state index is 14.4. The molecule has 13 heteroatoms. The monoisotopic (exact) mass is 573 g/mol. The zero-order chi connectivity index (χ0) is 29.4. The van der Waals surface area contributed by atoms with Crippen molar-refractivity contribution in [3.8, 4) is 17.5 Å². The summed E-state index contributed by atoms with van der Waals surface area (Å²) < 4.78 is 23.3. The Morgan fingerprint density at radius 2 is 2.07 bits per heavy atom. The third kappa shape index (κ3) is 5.56. The fourth-order valence-corrected chi connectivity index (χ4v) is 5.17. The molecule has 2 atom stereocenters. The molecule has 0 spiro atoms. The smallest absolute Gasteiger partial charge is 0.255 e. The van der Waals surface area contributed by atoms with Crippen LogP contribution in [0.2, 0.25) is 0 Å². The second-order valence-electron chi connectivity index (χ2n) is 11.3. The largest absolute Gasteiger partial charge is 0.387 e. The molecule has 2 fully saturated rings. The molecule has 4 aromatic heterocycles. The first-order chi connectivity index (χ1) is 20.2. The minimum absolute atomic E-state index is 0.201. The molecule has 12 nitrogen and oxygen atoms in total. The summed E-state index contributed by atoms with van der Waals surface area (Å²) >= 11 is 0. The Kier molecular flexibility index (Phi) is 7.36. The Morgan fingerprint density at radius 1 is 1.24 bits per heavy atom. The summed E-state index contributed by atoms with van der Waals surface area (Å²) in [5, 5.41) is 34.0. The minimum atomic E-state index is -1.66. The second kappa shape index (κ2) is 11.1. The van der Waals surface area contributed by atoms with Crippen molar-refractivity contribution in [3.63, 3.8) is 0 Å². The Bertz CT molecular complexity index is 1650. The number of hydrogen-bond acceptors (Lipinski definition) is 9. The summed E-state index contributed by atoms with van der Waals surface area (Å²) in [6, 6.07) is 9.92. The van der Waals surface area contributed by atoms with E-state index in [1.807, 2.05) is 23.0 Å². The molecule has 6 heterocycles. The van der Waals surface area contributed by atoms with Crippen LogP contribution in [-0.2, 0) is 4.74 Å². The van der Waals surface area contributed by atoms with Crippen LogP contribution in [0, 0.1) is 11.3 Å². The van der Waals surface area contributed by atoms with E-state index >= 15 is 0 Å². The molecule has 4 aromatic rings. The summed E-state index contributed by atoms with van der Waals surface area (Å²) in [6.07, 6.45) is 5.85. The van der Waals surface area contributed by atoms with Gasteiger partial charge in [-0.1, -0.05) is 0 Å². The first-order valence-corrected chi connectivity index (χ1v) is 13.9. The van der Waals surface area contributed by atoms with Gasteiger partial charge in [-0.2, -0.15) is 15.5 Å². The molecule has 0 aliphatic carbocycles. The molecule has 0 bridgehead atoms. The molecule has 0 radical (unpaired) electrons. The molecule has 0 saturated carbocycles. The predicted molar refractivity (Wildman–Crippen MR) is 152 cm³/mol. The maximum Gasteiger partial charge on any atom is 0.255 e. The van der Waals surface area contributed by atoms with Gasteiger partial charge < -0.3 is 20.5 Å². The number of halogens is 1. The van der Waals surface area contributed by atoms with Gasteiger partial charge in [0.1, 0.15) is 12.2 Å². The number of rotatable bonds is 9. The zero-order valence-corrected chi connectivity index (χ0v) is 23.4. The predicted octanol–water partition coefficient (Wildman–Crippen LogP) is 2.69. The van der Waals surface area contributed by atoms with E-state index in [2.05, 4.69) is 36.8 Å². The van der Waals surface area contributed by atoms with Gasteiger partial charge >= 0.3 is 0 Å². The Labute approximate surface area is 241 Å². The number of nitriles is 1. The quantitative estimate of drug-likeness (QED) is 0.275. The van der Waals surface area contributed by atoms with Crippen LogP contribution in [0.25, 0.3) is 16.9 Å². The molecule has 6 rings (SSSR count). The van der Waals surface area contributed by atoms with Crippen LogP contribution in [0.15, 0.2) is 49.1 Å². The average Bonchev–Trinajstić information content (AvgIpc) is 3.69. The highest BCUT2D eigenvalue weighted by molar-refractivity contribution is 6.00. The number of anilines is 2. The summed E-state index contributed by atoms with van der Waals surface area (Å²) in [4.78, 5) is 20.1. The minimum Gasteiger partial charge on any atom is -0.387 e. The van der Waals surface area contributed by atoms with E-state index < -0.39 is 17.7 Å². The lowest BCUT2D eigenvalue weighted by Crippen LogP contribution is -2.47. The van der Waals surface area contributed by atoms with Crippen molar-refractivity contribution in [2.24, 2.45) is 0 Å². The molecular weight excluding hydrogens is 541 g/mol. The molecular formula is C29H32FN9O3. The van der Waals surface area contributed by atoms with Crippen LogP contribution in [-0.4, -0.2) is 91.0 Å².